The van der Waals surface area contributed by atoms with E-state index in [2.05, 4.69) is 25.2 Å². The molecule has 0 spiro atoms. The predicted molar refractivity (Wildman–Crippen MR) is 134 cm³/mol. The van der Waals surface area contributed by atoms with Crippen LogP contribution >= 0.6 is 22.7 Å². The van der Waals surface area contributed by atoms with Gasteiger partial charge in [-0.05, 0) is 35.2 Å². The zero-order valence-electron chi connectivity index (χ0n) is 18.3. The standard InChI is InChI=1S/C24H22N6O2S2/c31-21(29-10-12-30(13-11-29)24-25-8-2-9-26-24)15-17-4-6-18(7-5-17)28-22(32)20-16-27-23(34-20)19-3-1-14-33-19/h1-9,14,16H,10-13,15H2,(H,28,32). The first-order valence-corrected chi connectivity index (χ1v) is 12.5. The van der Waals surface area contributed by atoms with E-state index in [0.29, 0.717) is 49.1 Å². The number of benzene rings is 1. The van der Waals surface area contributed by atoms with Gasteiger partial charge in [-0.25, -0.2) is 15.0 Å². The number of thiazole rings is 1. The second kappa shape index (κ2) is 10.1. The van der Waals surface area contributed by atoms with Crippen molar-refractivity contribution in [1.29, 1.82) is 0 Å². The largest absolute Gasteiger partial charge is 0.339 e. The highest BCUT2D eigenvalue weighted by molar-refractivity contribution is 7.22. The molecule has 0 unspecified atom stereocenters. The normalized spacial score (nSPS) is 13.6. The first kappa shape index (κ1) is 22.2. The molecule has 2 amide bonds. The summed E-state index contributed by atoms with van der Waals surface area (Å²) in [6, 6.07) is 13.2. The molecule has 1 fully saturated rings. The molecule has 0 atom stereocenters. The quantitative estimate of drug-likeness (QED) is 0.442. The molecule has 1 N–H and O–H groups in total. The third kappa shape index (κ3) is 5.13. The van der Waals surface area contributed by atoms with Gasteiger partial charge < -0.3 is 15.1 Å². The molecule has 1 aliphatic rings. The summed E-state index contributed by atoms with van der Waals surface area (Å²) in [4.78, 5) is 43.8. The molecule has 1 aromatic carbocycles. The van der Waals surface area contributed by atoms with E-state index < -0.39 is 0 Å². The zero-order valence-corrected chi connectivity index (χ0v) is 19.9. The maximum Gasteiger partial charge on any atom is 0.267 e. The van der Waals surface area contributed by atoms with E-state index in [1.165, 1.54) is 11.3 Å². The highest BCUT2D eigenvalue weighted by atomic mass is 32.1. The van der Waals surface area contributed by atoms with Crippen LogP contribution < -0.4 is 10.2 Å². The first-order valence-electron chi connectivity index (χ1n) is 10.9. The Labute approximate surface area is 204 Å². The Hall–Kier alpha value is -3.63. The van der Waals surface area contributed by atoms with Crippen LogP contribution in [-0.4, -0.2) is 57.8 Å². The van der Waals surface area contributed by atoms with Crippen molar-refractivity contribution in [2.45, 2.75) is 6.42 Å². The zero-order chi connectivity index (χ0) is 23.3. The number of nitrogens with one attached hydrogen (secondary N) is 1. The summed E-state index contributed by atoms with van der Waals surface area (Å²) in [7, 11) is 0. The summed E-state index contributed by atoms with van der Waals surface area (Å²) < 4.78 is 0. The minimum absolute atomic E-state index is 0.0937. The van der Waals surface area contributed by atoms with Crippen molar-refractivity contribution in [3.63, 3.8) is 0 Å². The molecule has 4 heterocycles. The third-order valence-electron chi connectivity index (χ3n) is 5.50. The van der Waals surface area contributed by atoms with Crippen molar-refractivity contribution < 1.29 is 9.59 Å². The van der Waals surface area contributed by atoms with Gasteiger partial charge in [-0.2, -0.15) is 0 Å². The van der Waals surface area contributed by atoms with E-state index in [1.54, 1.807) is 36.0 Å². The lowest BCUT2D eigenvalue weighted by Crippen LogP contribution is -2.49. The Balaban J connectivity index is 1.13. The molecule has 4 aromatic rings. The molecule has 10 heteroatoms. The van der Waals surface area contributed by atoms with E-state index in [9.17, 15) is 9.59 Å². The van der Waals surface area contributed by atoms with Crippen molar-refractivity contribution in [2.24, 2.45) is 0 Å². The van der Waals surface area contributed by atoms with Gasteiger partial charge >= 0.3 is 0 Å². The van der Waals surface area contributed by atoms with E-state index >= 15 is 0 Å². The monoisotopic (exact) mass is 490 g/mol. The number of carbonyl (C=O) groups is 2. The Kier molecular flexibility index (Phi) is 6.59. The summed E-state index contributed by atoms with van der Waals surface area (Å²) in [6.45, 7) is 2.72. The third-order valence-corrected chi connectivity index (χ3v) is 7.53. The number of rotatable bonds is 6. The minimum Gasteiger partial charge on any atom is -0.339 e. The van der Waals surface area contributed by atoms with Crippen LogP contribution in [0, 0.1) is 0 Å². The summed E-state index contributed by atoms with van der Waals surface area (Å²) >= 11 is 2.97. The number of aromatic nitrogens is 3. The molecule has 0 aliphatic carbocycles. The Morgan fingerprint density at radius 1 is 0.941 bits per heavy atom. The molecule has 34 heavy (non-hydrogen) atoms. The lowest BCUT2D eigenvalue weighted by molar-refractivity contribution is -0.130. The molecular weight excluding hydrogens is 468 g/mol. The maximum atomic E-state index is 12.8. The number of nitrogens with zero attached hydrogens (tertiary/aromatic N) is 5. The lowest BCUT2D eigenvalue weighted by atomic mass is 10.1. The molecule has 1 saturated heterocycles. The fraction of sp³-hybridized carbons (Fsp3) is 0.208. The van der Waals surface area contributed by atoms with Gasteiger partial charge in [0, 0.05) is 44.3 Å². The molecule has 5 rings (SSSR count). The Bertz CT molecular complexity index is 1250. The van der Waals surface area contributed by atoms with Crippen molar-refractivity contribution >= 4 is 46.1 Å². The van der Waals surface area contributed by atoms with Crippen LogP contribution in [0.2, 0.25) is 0 Å². The van der Waals surface area contributed by atoms with E-state index in [1.807, 2.05) is 46.7 Å². The summed E-state index contributed by atoms with van der Waals surface area (Å²) in [6.07, 6.45) is 5.39. The van der Waals surface area contributed by atoms with Crippen LogP contribution in [0.3, 0.4) is 0 Å². The molecule has 1 aliphatic heterocycles. The molecule has 0 bridgehead atoms. The number of amides is 2. The molecule has 0 radical (unpaired) electrons. The Morgan fingerprint density at radius 2 is 1.71 bits per heavy atom. The van der Waals surface area contributed by atoms with Crippen LogP contribution in [0.1, 0.15) is 15.2 Å². The smallest absolute Gasteiger partial charge is 0.267 e. The summed E-state index contributed by atoms with van der Waals surface area (Å²) in [5.74, 6) is 0.605. The van der Waals surface area contributed by atoms with Gasteiger partial charge in [-0.15, -0.1) is 22.7 Å². The van der Waals surface area contributed by atoms with E-state index in [4.69, 9.17) is 0 Å². The highest BCUT2D eigenvalue weighted by Crippen LogP contribution is 2.29. The second-order valence-electron chi connectivity index (χ2n) is 7.75. The van der Waals surface area contributed by atoms with Crippen LogP contribution in [0.5, 0.6) is 0 Å². The van der Waals surface area contributed by atoms with Crippen LogP contribution in [0.15, 0.2) is 66.4 Å². The minimum atomic E-state index is -0.190. The predicted octanol–water partition coefficient (Wildman–Crippen LogP) is 3.81. The summed E-state index contributed by atoms with van der Waals surface area (Å²) in [5, 5.41) is 5.73. The van der Waals surface area contributed by atoms with Crippen molar-refractivity contribution in [3.8, 4) is 9.88 Å². The second-order valence-corrected chi connectivity index (χ2v) is 9.73. The van der Waals surface area contributed by atoms with Gasteiger partial charge in [0.1, 0.15) is 9.88 Å². The number of carbonyl (C=O) groups excluding carboxylic acids is 2. The maximum absolute atomic E-state index is 12.8. The van der Waals surface area contributed by atoms with Crippen LogP contribution in [0.25, 0.3) is 9.88 Å². The highest BCUT2D eigenvalue weighted by Gasteiger charge is 2.22. The topological polar surface area (TPSA) is 91.3 Å². The number of anilines is 2. The van der Waals surface area contributed by atoms with Gasteiger partial charge in [0.25, 0.3) is 5.91 Å². The average Bonchev–Trinajstić information content (AvgIpc) is 3.58. The van der Waals surface area contributed by atoms with Crippen molar-refractivity contribution in [3.05, 3.63) is 76.9 Å². The fourth-order valence-corrected chi connectivity index (χ4v) is 5.30. The number of hydrogen-bond donors (Lipinski definition) is 1. The van der Waals surface area contributed by atoms with Crippen LogP contribution in [0.4, 0.5) is 11.6 Å². The van der Waals surface area contributed by atoms with Gasteiger partial charge in [0.2, 0.25) is 11.9 Å². The molecule has 0 saturated carbocycles. The fourth-order valence-electron chi connectivity index (χ4n) is 3.69. The molecular formula is C24H22N6O2S2. The molecule has 3 aromatic heterocycles. The van der Waals surface area contributed by atoms with Crippen LogP contribution in [-0.2, 0) is 11.2 Å². The van der Waals surface area contributed by atoms with Gasteiger partial charge in [0.05, 0.1) is 17.5 Å². The first-order chi connectivity index (χ1) is 16.7. The van der Waals surface area contributed by atoms with E-state index in [-0.39, 0.29) is 11.8 Å². The van der Waals surface area contributed by atoms with Gasteiger partial charge in [-0.1, -0.05) is 18.2 Å². The van der Waals surface area contributed by atoms with E-state index in [0.717, 1.165) is 15.4 Å². The SMILES string of the molecule is O=C(Nc1ccc(CC(=O)N2CCN(c3ncccn3)CC2)cc1)c1cnc(-c2cccs2)s1. The number of thiophene rings is 1. The molecule has 8 nitrogen and oxygen atoms in total. The van der Waals surface area contributed by atoms with Crippen molar-refractivity contribution in [1.82, 2.24) is 19.9 Å². The average molecular weight is 491 g/mol. The van der Waals surface area contributed by atoms with Gasteiger partial charge in [0.15, 0.2) is 0 Å². The number of piperazine rings is 1. The molecule has 172 valence electrons. The Morgan fingerprint density at radius 3 is 2.41 bits per heavy atom. The lowest BCUT2D eigenvalue weighted by Gasteiger charge is -2.34. The van der Waals surface area contributed by atoms with Crippen molar-refractivity contribution in [2.75, 3.05) is 36.4 Å². The number of hydrogen-bond acceptors (Lipinski definition) is 8. The van der Waals surface area contributed by atoms with Gasteiger partial charge in [-0.3, -0.25) is 9.59 Å². The summed E-state index contributed by atoms with van der Waals surface area (Å²) in [5.41, 5.74) is 1.60.